The molecule has 2 aromatic rings. The minimum atomic E-state index is -0.791. The molecule has 1 aromatic heterocycles. The maximum Gasteiger partial charge on any atom is 0.145 e. The fourth-order valence-corrected chi connectivity index (χ4v) is 1.86. The van der Waals surface area contributed by atoms with Crippen molar-refractivity contribution in [2.75, 3.05) is 0 Å². The van der Waals surface area contributed by atoms with E-state index in [1.165, 1.54) is 12.3 Å². The van der Waals surface area contributed by atoms with Crippen molar-refractivity contribution in [2.45, 2.75) is 19.4 Å². The SMILES string of the molecule is Cc1cc(C(O)Cc2cccc(Cl)c2F)co1. The lowest BCUT2D eigenvalue weighted by molar-refractivity contribution is 0.176. The van der Waals surface area contributed by atoms with Crippen LogP contribution in [0, 0.1) is 12.7 Å². The average Bonchev–Trinajstić information content (AvgIpc) is 2.72. The first-order valence-electron chi connectivity index (χ1n) is 5.24. The van der Waals surface area contributed by atoms with Crippen molar-refractivity contribution in [3.8, 4) is 0 Å². The summed E-state index contributed by atoms with van der Waals surface area (Å²) in [5.41, 5.74) is 1.03. The first kappa shape index (κ1) is 12.1. The number of furan rings is 1. The molecule has 0 fully saturated rings. The minimum absolute atomic E-state index is 0.0677. The van der Waals surface area contributed by atoms with E-state index in [0.29, 0.717) is 16.9 Å². The predicted octanol–water partition coefficient (Wildman–Crippen LogP) is 3.66. The Hall–Kier alpha value is -1.32. The molecule has 1 N–H and O–H groups in total. The van der Waals surface area contributed by atoms with E-state index in [1.807, 2.05) is 0 Å². The van der Waals surface area contributed by atoms with E-state index < -0.39 is 11.9 Å². The Morgan fingerprint density at radius 1 is 1.47 bits per heavy atom. The van der Waals surface area contributed by atoms with Crippen LogP contribution in [0.1, 0.15) is 23.0 Å². The van der Waals surface area contributed by atoms with E-state index in [0.717, 1.165) is 0 Å². The molecule has 0 amide bonds. The van der Waals surface area contributed by atoms with Gasteiger partial charge in [0.25, 0.3) is 0 Å². The molecule has 2 rings (SSSR count). The fourth-order valence-electron chi connectivity index (χ4n) is 1.67. The Bertz CT molecular complexity index is 522. The summed E-state index contributed by atoms with van der Waals surface area (Å²) in [5.74, 6) is 0.235. The van der Waals surface area contributed by atoms with Gasteiger partial charge in [-0.2, -0.15) is 0 Å². The first-order chi connectivity index (χ1) is 8.08. The molecule has 2 nitrogen and oxygen atoms in total. The standard InChI is InChI=1S/C13H12ClFO2/c1-8-5-10(7-17-8)12(16)6-9-3-2-4-11(14)13(9)15/h2-5,7,12,16H,6H2,1H3. The predicted molar refractivity (Wildman–Crippen MR) is 63.5 cm³/mol. The molecule has 1 aromatic carbocycles. The zero-order valence-corrected chi connectivity index (χ0v) is 10.0. The van der Waals surface area contributed by atoms with Crippen molar-refractivity contribution in [1.29, 1.82) is 0 Å². The van der Waals surface area contributed by atoms with Crippen LogP contribution in [0.5, 0.6) is 0 Å². The van der Waals surface area contributed by atoms with Crippen LogP contribution < -0.4 is 0 Å². The van der Waals surface area contributed by atoms with Gasteiger partial charge in [0, 0.05) is 12.0 Å². The highest BCUT2D eigenvalue weighted by Crippen LogP contribution is 2.24. The minimum Gasteiger partial charge on any atom is -0.469 e. The van der Waals surface area contributed by atoms with Gasteiger partial charge in [-0.3, -0.25) is 0 Å². The lowest BCUT2D eigenvalue weighted by Gasteiger charge is -2.09. The Balaban J connectivity index is 2.18. The van der Waals surface area contributed by atoms with E-state index >= 15 is 0 Å². The van der Waals surface area contributed by atoms with Crippen LogP contribution in [0.15, 0.2) is 34.9 Å². The summed E-state index contributed by atoms with van der Waals surface area (Å²) >= 11 is 5.67. The number of hydrogen-bond acceptors (Lipinski definition) is 2. The number of aliphatic hydroxyl groups is 1. The third kappa shape index (κ3) is 2.68. The van der Waals surface area contributed by atoms with Crippen molar-refractivity contribution in [1.82, 2.24) is 0 Å². The smallest absolute Gasteiger partial charge is 0.145 e. The first-order valence-corrected chi connectivity index (χ1v) is 5.61. The molecule has 0 aliphatic rings. The molecular formula is C13H12ClFO2. The van der Waals surface area contributed by atoms with E-state index in [1.54, 1.807) is 25.1 Å². The van der Waals surface area contributed by atoms with Gasteiger partial charge in [-0.1, -0.05) is 23.7 Å². The van der Waals surface area contributed by atoms with Crippen LogP contribution in [0.25, 0.3) is 0 Å². The van der Waals surface area contributed by atoms with Crippen molar-refractivity contribution < 1.29 is 13.9 Å². The Morgan fingerprint density at radius 2 is 2.24 bits per heavy atom. The Morgan fingerprint density at radius 3 is 2.88 bits per heavy atom. The summed E-state index contributed by atoms with van der Waals surface area (Å²) in [6, 6.07) is 6.48. The second-order valence-corrected chi connectivity index (χ2v) is 4.33. The second-order valence-electron chi connectivity index (χ2n) is 3.92. The highest BCUT2D eigenvalue weighted by Gasteiger charge is 2.14. The molecule has 0 aliphatic heterocycles. The molecule has 0 spiro atoms. The molecule has 1 unspecified atom stereocenters. The summed E-state index contributed by atoms with van der Waals surface area (Å²) in [6.45, 7) is 1.79. The molecule has 1 atom stereocenters. The molecule has 0 aliphatic carbocycles. The van der Waals surface area contributed by atoms with E-state index in [-0.39, 0.29) is 11.4 Å². The van der Waals surface area contributed by atoms with Gasteiger partial charge in [0.1, 0.15) is 11.6 Å². The van der Waals surface area contributed by atoms with Crippen LogP contribution in [0.2, 0.25) is 5.02 Å². The Kier molecular flexibility index (Phi) is 3.50. The van der Waals surface area contributed by atoms with Crippen molar-refractivity contribution >= 4 is 11.6 Å². The van der Waals surface area contributed by atoms with Gasteiger partial charge in [0.05, 0.1) is 17.4 Å². The van der Waals surface area contributed by atoms with Gasteiger partial charge in [0.15, 0.2) is 0 Å². The van der Waals surface area contributed by atoms with Crippen molar-refractivity contribution in [3.63, 3.8) is 0 Å². The molecule has 90 valence electrons. The van der Waals surface area contributed by atoms with Crippen LogP contribution in [-0.2, 0) is 6.42 Å². The summed E-state index contributed by atoms with van der Waals surface area (Å²) < 4.78 is 18.7. The number of halogens is 2. The van der Waals surface area contributed by atoms with E-state index in [2.05, 4.69) is 0 Å². The zero-order chi connectivity index (χ0) is 12.4. The maximum atomic E-state index is 13.6. The van der Waals surface area contributed by atoms with E-state index in [4.69, 9.17) is 16.0 Å². The van der Waals surface area contributed by atoms with Gasteiger partial charge in [-0.15, -0.1) is 0 Å². The number of aryl methyl sites for hydroxylation is 1. The van der Waals surface area contributed by atoms with Crippen LogP contribution in [0.3, 0.4) is 0 Å². The quantitative estimate of drug-likeness (QED) is 0.907. The average molecular weight is 255 g/mol. The third-order valence-corrected chi connectivity index (χ3v) is 2.87. The highest BCUT2D eigenvalue weighted by molar-refractivity contribution is 6.30. The Labute approximate surface area is 104 Å². The molecular weight excluding hydrogens is 243 g/mol. The van der Waals surface area contributed by atoms with Gasteiger partial charge in [0.2, 0.25) is 0 Å². The lowest BCUT2D eigenvalue weighted by atomic mass is 10.0. The largest absolute Gasteiger partial charge is 0.469 e. The monoisotopic (exact) mass is 254 g/mol. The summed E-state index contributed by atoms with van der Waals surface area (Å²) in [5, 5.41) is 10.0. The molecule has 0 saturated carbocycles. The van der Waals surface area contributed by atoms with Gasteiger partial charge in [-0.25, -0.2) is 4.39 Å². The second kappa shape index (κ2) is 4.90. The molecule has 0 bridgehead atoms. The van der Waals surface area contributed by atoms with Crippen molar-refractivity contribution in [2.24, 2.45) is 0 Å². The van der Waals surface area contributed by atoms with Gasteiger partial charge >= 0.3 is 0 Å². The van der Waals surface area contributed by atoms with Gasteiger partial charge < -0.3 is 9.52 Å². The highest BCUT2D eigenvalue weighted by atomic mass is 35.5. The van der Waals surface area contributed by atoms with Crippen LogP contribution in [0.4, 0.5) is 4.39 Å². The molecule has 1 heterocycles. The van der Waals surface area contributed by atoms with Gasteiger partial charge in [-0.05, 0) is 24.6 Å². The summed E-state index contributed by atoms with van der Waals surface area (Å²) in [7, 11) is 0. The summed E-state index contributed by atoms with van der Waals surface area (Å²) in [6.07, 6.45) is 0.855. The number of aliphatic hydroxyl groups excluding tert-OH is 1. The maximum absolute atomic E-state index is 13.6. The topological polar surface area (TPSA) is 33.4 Å². The molecule has 0 saturated heterocycles. The van der Waals surface area contributed by atoms with Crippen LogP contribution in [-0.4, -0.2) is 5.11 Å². The lowest BCUT2D eigenvalue weighted by Crippen LogP contribution is -2.02. The summed E-state index contributed by atoms with van der Waals surface area (Å²) in [4.78, 5) is 0. The number of hydrogen-bond donors (Lipinski definition) is 1. The zero-order valence-electron chi connectivity index (χ0n) is 9.28. The van der Waals surface area contributed by atoms with Crippen LogP contribution >= 0.6 is 11.6 Å². The third-order valence-electron chi connectivity index (χ3n) is 2.58. The normalized spacial score (nSPS) is 12.7. The molecule has 4 heteroatoms. The molecule has 0 radical (unpaired) electrons. The molecule has 17 heavy (non-hydrogen) atoms. The fraction of sp³-hybridized carbons (Fsp3) is 0.231. The number of benzene rings is 1. The van der Waals surface area contributed by atoms with E-state index in [9.17, 15) is 9.50 Å². The number of rotatable bonds is 3. The van der Waals surface area contributed by atoms with Crippen molar-refractivity contribution in [3.05, 3.63) is 58.3 Å².